The minimum absolute atomic E-state index is 0.130. The molecule has 0 saturated carbocycles. The van der Waals surface area contributed by atoms with Gasteiger partial charge in [-0.05, 0) is 43.4 Å². The van der Waals surface area contributed by atoms with Crippen molar-refractivity contribution < 1.29 is 13.6 Å². The van der Waals surface area contributed by atoms with Crippen LogP contribution in [0.1, 0.15) is 29.7 Å². The first-order valence-electron chi connectivity index (χ1n) is 8.77. The summed E-state index contributed by atoms with van der Waals surface area (Å²) in [5.74, 6) is -2.54. The molecule has 1 aromatic carbocycles. The lowest BCUT2D eigenvalue weighted by atomic mass is 10.1. The number of thiophene rings is 1. The number of benzene rings is 1. The number of aromatic nitrogens is 2. The first kappa shape index (κ1) is 17.8. The molecule has 140 valence electrons. The van der Waals surface area contributed by atoms with E-state index in [1.807, 2.05) is 0 Å². The summed E-state index contributed by atoms with van der Waals surface area (Å²) < 4.78 is 27.5. The number of carbonyl (C=O) groups excluding carboxylic acids is 1. The number of nitrogens with one attached hydrogen (secondary N) is 1. The molecule has 0 atom stereocenters. The molecule has 5 nitrogen and oxygen atoms in total. The Hall–Kier alpha value is -2.61. The minimum atomic E-state index is -1.05. The van der Waals surface area contributed by atoms with Crippen molar-refractivity contribution in [2.45, 2.75) is 38.6 Å². The van der Waals surface area contributed by atoms with Crippen molar-refractivity contribution in [1.82, 2.24) is 9.55 Å². The van der Waals surface area contributed by atoms with E-state index in [2.05, 4.69) is 10.3 Å². The maximum Gasteiger partial charge on any atom is 0.262 e. The van der Waals surface area contributed by atoms with Gasteiger partial charge in [0.1, 0.15) is 11.4 Å². The van der Waals surface area contributed by atoms with E-state index in [9.17, 15) is 18.4 Å². The molecule has 4 rings (SSSR count). The summed E-state index contributed by atoms with van der Waals surface area (Å²) in [4.78, 5) is 31.4. The van der Waals surface area contributed by atoms with Gasteiger partial charge in [-0.15, -0.1) is 11.3 Å². The second-order valence-electron chi connectivity index (χ2n) is 6.60. The molecule has 27 heavy (non-hydrogen) atoms. The number of hydrogen-bond acceptors (Lipinski definition) is 4. The van der Waals surface area contributed by atoms with Crippen molar-refractivity contribution in [1.29, 1.82) is 0 Å². The highest BCUT2D eigenvalue weighted by Crippen LogP contribution is 2.32. The summed E-state index contributed by atoms with van der Waals surface area (Å²) in [6.45, 7) is -0.245. The highest BCUT2D eigenvalue weighted by Gasteiger charge is 2.19. The molecule has 0 fully saturated rings. The van der Waals surface area contributed by atoms with Gasteiger partial charge in [-0.25, -0.2) is 13.8 Å². The molecule has 0 unspecified atom stereocenters. The van der Waals surface area contributed by atoms with E-state index < -0.39 is 17.5 Å². The lowest BCUT2D eigenvalue weighted by molar-refractivity contribution is -0.116. The van der Waals surface area contributed by atoms with Crippen LogP contribution in [0.5, 0.6) is 0 Å². The zero-order chi connectivity index (χ0) is 19.0. The van der Waals surface area contributed by atoms with Crippen molar-refractivity contribution in [3.63, 3.8) is 0 Å². The normalized spacial score (nSPS) is 14.0. The number of hydrogen-bond donors (Lipinski definition) is 1. The number of halogens is 2. The van der Waals surface area contributed by atoms with Crippen LogP contribution >= 0.6 is 11.3 Å². The fourth-order valence-corrected chi connectivity index (χ4v) is 4.62. The minimum Gasteiger partial charge on any atom is -0.324 e. The Labute approximate surface area is 157 Å². The summed E-state index contributed by atoms with van der Waals surface area (Å²) in [5.41, 5.74) is 0.964. The SMILES string of the molecule is O=C(Cn1cnc2sc3c(c2c1=O)CCCCC3)Nc1ccc(F)c(F)c1. The van der Waals surface area contributed by atoms with Gasteiger partial charge in [-0.2, -0.15) is 0 Å². The number of rotatable bonds is 3. The van der Waals surface area contributed by atoms with Gasteiger partial charge in [0.15, 0.2) is 11.6 Å². The lowest BCUT2D eigenvalue weighted by Crippen LogP contribution is -2.28. The Bertz CT molecular complexity index is 1090. The van der Waals surface area contributed by atoms with Gasteiger partial charge in [-0.3, -0.25) is 14.2 Å². The maximum absolute atomic E-state index is 13.3. The van der Waals surface area contributed by atoms with Crippen LogP contribution < -0.4 is 10.9 Å². The van der Waals surface area contributed by atoms with E-state index >= 15 is 0 Å². The molecule has 1 N–H and O–H groups in total. The largest absolute Gasteiger partial charge is 0.324 e. The molecule has 1 aliphatic rings. The first-order chi connectivity index (χ1) is 13.0. The van der Waals surface area contributed by atoms with E-state index in [4.69, 9.17) is 0 Å². The van der Waals surface area contributed by atoms with Crippen LogP contribution in [0.25, 0.3) is 10.2 Å². The highest BCUT2D eigenvalue weighted by molar-refractivity contribution is 7.18. The number of fused-ring (bicyclic) bond motifs is 3. The summed E-state index contributed by atoms with van der Waals surface area (Å²) >= 11 is 1.56. The van der Waals surface area contributed by atoms with Crippen LogP contribution in [-0.2, 0) is 24.2 Å². The van der Waals surface area contributed by atoms with Crippen LogP contribution in [0.4, 0.5) is 14.5 Å². The summed E-state index contributed by atoms with van der Waals surface area (Å²) in [6.07, 6.45) is 6.50. The van der Waals surface area contributed by atoms with Crippen LogP contribution in [0.15, 0.2) is 29.3 Å². The van der Waals surface area contributed by atoms with Gasteiger partial charge in [0.05, 0.1) is 11.7 Å². The first-order valence-corrected chi connectivity index (χ1v) is 9.59. The van der Waals surface area contributed by atoms with Gasteiger partial charge in [0, 0.05) is 16.6 Å². The van der Waals surface area contributed by atoms with Gasteiger partial charge in [0.25, 0.3) is 5.56 Å². The van der Waals surface area contributed by atoms with Crippen LogP contribution in [0.3, 0.4) is 0 Å². The Morgan fingerprint density at radius 2 is 2.00 bits per heavy atom. The molecule has 0 aliphatic heterocycles. The molecule has 1 aliphatic carbocycles. The monoisotopic (exact) mass is 389 g/mol. The molecule has 0 radical (unpaired) electrons. The topological polar surface area (TPSA) is 64.0 Å². The highest BCUT2D eigenvalue weighted by atomic mass is 32.1. The molecule has 1 amide bonds. The molecule has 0 saturated heterocycles. The van der Waals surface area contributed by atoms with Crippen LogP contribution in [-0.4, -0.2) is 15.5 Å². The number of amides is 1. The quantitative estimate of drug-likeness (QED) is 0.696. The van der Waals surface area contributed by atoms with Crippen molar-refractivity contribution in [3.8, 4) is 0 Å². The summed E-state index contributed by atoms with van der Waals surface area (Å²) in [6, 6.07) is 3.10. The number of nitrogens with zero attached hydrogens (tertiary/aromatic N) is 2. The van der Waals surface area contributed by atoms with Crippen molar-refractivity contribution in [3.05, 3.63) is 57.0 Å². The molecular weight excluding hydrogens is 372 g/mol. The second kappa shape index (κ2) is 7.19. The third-order valence-electron chi connectivity index (χ3n) is 4.71. The Morgan fingerprint density at radius 1 is 1.19 bits per heavy atom. The maximum atomic E-state index is 13.3. The van der Waals surface area contributed by atoms with E-state index in [0.717, 1.165) is 49.8 Å². The fourth-order valence-electron chi connectivity index (χ4n) is 3.40. The standard InChI is InChI=1S/C19H17F2N3O2S/c20-13-7-6-11(8-14(13)21)23-16(25)9-24-10-22-18-17(19(24)26)12-4-2-1-3-5-15(12)27-18/h6-8,10H,1-5,9H2,(H,23,25). The number of aryl methyl sites for hydroxylation is 2. The number of carbonyl (C=O) groups is 1. The summed E-state index contributed by atoms with van der Waals surface area (Å²) in [7, 11) is 0. The molecular formula is C19H17F2N3O2S. The Balaban J connectivity index is 1.61. The van der Waals surface area contributed by atoms with Gasteiger partial charge < -0.3 is 5.32 Å². The number of anilines is 1. The third kappa shape index (κ3) is 3.49. The Morgan fingerprint density at radius 3 is 2.81 bits per heavy atom. The summed E-state index contributed by atoms with van der Waals surface area (Å²) in [5, 5.41) is 3.08. The van der Waals surface area contributed by atoms with Crippen LogP contribution in [0, 0.1) is 11.6 Å². The Kier molecular flexibility index (Phi) is 4.73. The molecule has 8 heteroatoms. The smallest absolute Gasteiger partial charge is 0.262 e. The lowest BCUT2D eigenvalue weighted by Gasteiger charge is -2.08. The third-order valence-corrected chi connectivity index (χ3v) is 5.91. The average molecular weight is 389 g/mol. The van der Waals surface area contributed by atoms with Crippen molar-refractivity contribution in [2.75, 3.05) is 5.32 Å². The molecule has 2 heterocycles. The van der Waals surface area contributed by atoms with Crippen molar-refractivity contribution >= 4 is 33.1 Å². The van der Waals surface area contributed by atoms with E-state index in [1.54, 1.807) is 11.3 Å². The van der Waals surface area contributed by atoms with Gasteiger partial charge in [-0.1, -0.05) is 6.42 Å². The molecule has 0 bridgehead atoms. The molecule has 3 aromatic rings. The zero-order valence-corrected chi connectivity index (χ0v) is 15.2. The van der Waals surface area contributed by atoms with E-state index in [0.29, 0.717) is 10.2 Å². The van der Waals surface area contributed by atoms with Crippen LogP contribution in [0.2, 0.25) is 0 Å². The predicted molar refractivity (Wildman–Crippen MR) is 100 cm³/mol. The predicted octanol–water partition coefficient (Wildman–Crippen LogP) is 3.64. The van der Waals surface area contributed by atoms with Gasteiger partial charge >= 0.3 is 0 Å². The van der Waals surface area contributed by atoms with Crippen molar-refractivity contribution in [2.24, 2.45) is 0 Å². The molecule has 0 spiro atoms. The fraction of sp³-hybridized carbons (Fsp3) is 0.316. The average Bonchev–Trinajstić information content (AvgIpc) is 2.83. The zero-order valence-electron chi connectivity index (χ0n) is 14.4. The van der Waals surface area contributed by atoms with E-state index in [1.165, 1.54) is 21.8 Å². The van der Waals surface area contributed by atoms with E-state index in [-0.39, 0.29) is 17.8 Å². The van der Waals surface area contributed by atoms with Gasteiger partial charge in [0.2, 0.25) is 5.91 Å². The molecule has 2 aromatic heterocycles. The second-order valence-corrected chi connectivity index (χ2v) is 7.68.